The molecular formula is C41H46F3IrN2O2-. The van der Waals surface area contributed by atoms with Crippen LogP contribution in [-0.4, -0.2) is 21.1 Å². The molecule has 5 aromatic rings. The van der Waals surface area contributed by atoms with Crippen LogP contribution < -0.4 is 0 Å². The number of halogens is 3. The van der Waals surface area contributed by atoms with Gasteiger partial charge in [-0.1, -0.05) is 108 Å². The average Bonchev–Trinajstić information content (AvgIpc) is 3.04. The second kappa shape index (κ2) is 16.4. The first kappa shape index (κ1) is 39.8. The van der Waals surface area contributed by atoms with E-state index in [1.165, 1.54) is 12.1 Å². The molecule has 8 heteroatoms. The van der Waals surface area contributed by atoms with Crippen molar-refractivity contribution >= 4 is 38.1 Å². The summed E-state index contributed by atoms with van der Waals surface area (Å²) < 4.78 is 43.0. The Morgan fingerprint density at radius 3 is 1.98 bits per heavy atom. The van der Waals surface area contributed by atoms with E-state index in [0.717, 1.165) is 42.0 Å². The SMILES string of the molecule is CCC(CC)C(=O)/C=C(\O)C(CC)CC.Cc1nnc(-c2[c-]c3ccccc3c(C(C)(C)C)c2)c2cc3ccccc3c(C(F)(F)F)c12.[Ir]. The van der Waals surface area contributed by atoms with Crippen molar-refractivity contribution in [1.29, 1.82) is 0 Å². The van der Waals surface area contributed by atoms with Crippen molar-refractivity contribution in [2.75, 3.05) is 0 Å². The average molecular weight is 848 g/mol. The van der Waals surface area contributed by atoms with Gasteiger partial charge in [-0.05, 0) is 54.2 Å². The molecule has 0 aliphatic rings. The second-order valence-electron chi connectivity index (χ2n) is 13.4. The van der Waals surface area contributed by atoms with E-state index in [-0.39, 0.29) is 65.4 Å². The summed E-state index contributed by atoms with van der Waals surface area (Å²) in [5, 5.41) is 21.5. The molecule has 0 atom stereocenters. The summed E-state index contributed by atoms with van der Waals surface area (Å²) >= 11 is 0. The minimum absolute atomic E-state index is 0. The van der Waals surface area contributed by atoms with Crippen LogP contribution in [-0.2, 0) is 36.5 Å². The standard InChI is InChI=1S/C28H22F3N2.C13H24O2.Ir/c1-16-24-22(14-18-10-6-8-12-21(18)25(24)28(29,30)31)26(33-32-16)19-13-17-9-5-7-11-20(17)23(15-19)27(2,3)4;1-5-10(6-2)12(14)9-13(15)11(7-3)8-4;/h5-12,14-15H,1-4H3;9-11,14H,5-8H2,1-4H3;/q-1;;/b;12-9-;. The fourth-order valence-electron chi connectivity index (χ4n) is 6.39. The number of fused-ring (bicyclic) bond motifs is 3. The van der Waals surface area contributed by atoms with Crippen molar-refractivity contribution in [2.45, 2.75) is 92.7 Å². The molecule has 5 rings (SSSR count). The Hall–Kier alpha value is -3.61. The number of ketones is 1. The number of hydrogen-bond donors (Lipinski definition) is 1. The molecule has 263 valence electrons. The van der Waals surface area contributed by atoms with Gasteiger partial charge in [0.15, 0.2) is 5.78 Å². The maximum absolute atomic E-state index is 14.3. The summed E-state index contributed by atoms with van der Waals surface area (Å²) in [6, 6.07) is 21.7. The number of hydrogen-bond acceptors (Lipinski definition) is 4. The topological polar surface area (TPSA) is 63.1 Å². The Balaban J connectivity index is 0.000000347. The van der Waals surface area contributed by atoms with Gasteiger partial charge in [0, 0.05) is 49.1 Å². The number of aromatic nitrogens is 2. The summed E-state index contributed by atoms with van der Waals surface area (Å²) in [7, 11) is 0. The summed E-state index contributed by atoms with van der Waals surface area (Å²) in [6.07, 6.45) is 0.372. The third-order valence-corrected chi connectivity index (χ3v) is 9.17. The van der Waals surface area contributed by atoms with Gasteiger partial charge in [-0.2, -0.15) is 23.4 Å². The molecule has 4 aromatic carbocycles. The Labute approximate surface area is 301 Å². The molecule has 0 fully saturated rings. The summed E-state index contributed by atoms with van der Waals surface area (Å²) in [5.74, 6) is 0.547. The summed E-state index contributed by atoms with van der Waals surface area (Å²) in [4.78, 5) is 11.7. The monoisotopic (exact) mass is 848 g/mol. The third-order valence-electron chi connectivity index (χ3n) is 9.17. The van der Waals surface area contributed by atoms with Gasteiger partial charge >= 0.3 is 6.18 Å². The van der Waals surface area contributed by atoms with Crippen LogP contribution in [0.25, 0.3) is 43.6 Å². The number of allylic oxidation sites excluding steroid dienone is 2. The Bertz CT molecular complexity index is 1950. The van der Waals surface area contributed by atoms with Gasteiger partial charge in [-0.15, -0.1) is 29.1 Å². The largest absolute Gasteiger partial charge is 0.512 e. The van der Waals surface area contributed by atoms with Gasteiger partial charge < -0.3 is 5.11 Å². The number of carbonyl (C=O) groups is 1. The molecule has 0 aliphatic carbocycles. The van der Waals surface area contributed by atoms with Crippen molar-refractivity contribution in [3.8, 4) is 11.3 Å². The zero-order valence-electron chi connectivity index (χ0n) is 29.6. The van der Waals surface area contributed by atoms with Crippen LogP contribution in [0.15, 0.2) is 72.5 Å². The number of aliphatic hydroxyl groups is 1. The van der Waals surface area contributed by atoms with E-state index in [4.69, 9.17) is 0 Å². The van der Waals surface area contributed by atoms with E-state index in [2.05, 4.69) is 37.0 Å². The predicted octanol–water partition coefficient (Wildman–Crippen LogP) is 11.9. The zero-order chi connectivity index (χ0) is 35.4. The number of aryl methyl sites for hydroxylation is 1. The molecule has 4 nitrogen and oxygen atoms in total. The van der Waals surface area contributed by atoms with Gasteiger partial charge in [0.25, 0.3) is 0 Å². The van der Waals surface area contributed by atoms with E-state index in [9.17, 15) is 23.1 Å². The Morgan fingerprint density at radius 2 is 1.41 bits per heavy atom. The van der Waals surface area contributed by atoms with E-state index in [1.54, 1.807) is 31.2 Å². The van der Waals surface area contributed by atoms with Crippen molar-refractivity contribution in [1.82, 2.24) is 10.2 Å². The summed E-state index contributed by atoms with van der Waals surface area (Å²) in [6.45, 7) is 16.0. The molecule has 0 unspecified atom stereocenters. The van der Waals surface area contributed by atoms with Crippen LogP contribution in [0.5, 0.6) is 0 Å². The molecule has 1 N–H and O–H groups in total. The van der Waals surface area contributed by atoms with Crippen LogP contribution in [0.1, 0.15) is 91.0 Å². The number of aliphatic hydroxyl groups excluding tert-OH is 1. The molecule has 49 heavy (non-hydrogen) atoms. The molecule has 1 heterocycles. The molecule has 0 saturated carbocycles. The number of carbonyl (C=O) groups excluding carboxylic acids is 1. The molecular weight excluding hydrogens is 802 g/mol. The molecule has 0 amide bonds. The van der Waals surface area contributed by atoms with Gasteiger partial charge in [-0.25, -0.2) is 0 Å². The van der Waals surface area contributed by atoms with Gasteiger partial charge in [-0.3, -0.25) is 4.79 Å². The first-order valence-corrected chi connectivity index (χ1v) is 16.8. The van der Waals surface area contributed by atoms with E-state index >= 15 is 0 Å². The quantitative estimate of drug-likeness (QED) is 0.0731. The van der Waals surface area contributed by atoms with Crippen molar-refractivity contribution in [2.24, 2.45) is 11.8 Å². The minimum Gasteiger partial charge on any atom is -0.512 e. The molecule has 0 saturated heterocycles. The van der Waals surface area contributed by atoms with E-state index in [1.807, 2.05) is 58.0 Å². The predicted molar refractivity (Wildman–Crippen MR) is 191 cm³/mol. The van der Waals surface area contributed by atoms with Gasteiger partial charge in [0.1, 0.15) is 0 Å². The van der Waals surface area contributed by atoms with Gasteiger partial charge in [0.2, 0.25) is 0 Å². The Morgan fingerprint density at radius 1 is 0.837 bits per heavy atom. The normalized spacial score (nSPS) is 12.4. The van der Waals surface area contributed by atoms with Crippen LogP contribution in [0.4, 0.5) is 13.2 Å². The van der Waals surface area contributed by atoms with E-state index in [0.29, 0.717) is 22.0 Å². The van der Waals surface area contributed by atoms with Crippen LogP contribution in [0.3, 0.4) is 0 Å². The number of rotatable bonds is 8. The summed E-state index contributed by atoms with van der Waals surface area (Å²) in [5.41, 5.74) is 1.54. The van der Waals surface area contributed by atoms with Crippen molar-refractivity contribution in [3.05, 3.63) is 95.4 Å². The first-order valence-electron chi connectivity index (χ1n) is 16.8. The third kappa shape index (κ3) is 8.77. The molecule has 1 radical (unpaired) electrons. The van der Waals surface area contributed by atoms with Gasteiger partial charge in [0.05, 0.1) is 17.0 Å². The number of benzene rings is 4. The number of nitrogens with zero attached hydrogens (tertiary/aromatic N) is 2. The zero-order valence-corrected chi connectivity index (χ0v) is 31.9. The molecule has 0 aliphatic heterocycles. The van der Waals surface area contributed by atoms with Crippen LogP contribution >= 0.6 is 0 Å². The minimum atomic E-state index is -4.53. The van der Waals surface area contributed by atoms with Crippen molar-refractivity contribution in [3.63, 3.8) is 0 Å². The number of alkyl halides is 3. The van der Waals surface area contributed by atoms with Crippen LogP contribution in [0, 0.1) is 24.8 Å². The fourth-order valence-corrected chi connectivity index (χ4v) is 6.39. The fraction of sp³-hybridized carbons (Fsp3) is 0.390. The smallest absolute Gasteiger partial charge is 0.417 e. The molecule has 0 spiro atoms. The molecule has 0 bridgehead atoms. The first-order chi connectivity index (χ1) is 22.7. The maximum atomic E-state index is 14.3. The van der Waals surface area contributed by atoms with E-state index < -0.39 is 11.7 Å². The maximum Gasteiger partial charge on any atom is 0.417 e. The second-order valence-corrected chi connectivity index (χ2v) is 13.4. The van der Waals surface area contributed by atoms with Crippen LogP contribution in [0.2, 0.25) is 0 Å². The Kier molecular flexibility index (Phi) is 13.3. The molecule has 1 aromatic heterocycles. The van der Waals surface area contributed by atoms with Crippen molar-refractivity contribution < 1.29 is 43.2 Å².